The third-order valence-electron chi connectivity index (χ3n) is 5.39. The van der Waals surface area contributed by atoms with Crippen LogP contribution in [0.4, 0.5) is 5.69 Å². The maximum Gasteiger partial charge on any atom is 0.162 e. The number of aliphatic imine (C=N–C) groups is 2. The molecule has 0 saturated carbocycles. The van der Waals surface area contributed by atoms with Crippen LogP contribution in [-0.4, -0.2) is 11.7 Å². The molecule has 3 nitrogen and oxygen atoms in total. The Labute approximate surface area is 195 Å². The molecule has 0 saturated heterocycles. The highest BCUT2D eigenvalue weighted by Gasteiger charge is 2.11. The molecule has 2 N–H and O–H groups in total. The Bertz CT molecular complexity index is 1470. The van der Waals surface area contributed by atoms with Crippen molar-refractivity contribution in [3.05, 3.63) is 125 Å². The highest BCUT2D eigenvalue weighted by atomic mass is 79.9. The molecule has 5 rings (SSSR count). The van der Waals surface area contributed by atoms with Crippen molar-refractivity contribution in [2.24, 2.45) is 15.7 Å². The molecule has 5 aromatic carbocycles. The first kappa shape index (κ1) is 20.2. The van der Waals surface area contributed by atoms with Gasteiger partial charge in [0.1, 0.15) is 5.84 Å². The summed E-state index contributed by atoms with van der Waals surface area (Å²) >= 11 is 3.47. The summed E-state index contributed by atoms with van der Waals surface area (Å²) in [4.78, 5) is 9.86. The van der Waals surface area contributed by atoms with E-state index in [1.54, 1.807) is 0 Å². The van der Waals surface area contributed by atoms with Crippen LogP contribution in [0.1, 0.15) is 11.1 Å². The fourth-order valence-corrected chi connectivity index (χ4v) is 4.05. The number of fused-ring (bicyclic) bond motifs is 2. The smallest absolute Gasteiger partial charge is 0.162 e. The first-order chi connectivity index (χ1) is 15.7. The van der Waals surface area contributed by atoms with Gasteiger partial charge in [0.2, 0.25) is 0 Å². The van der Waals surface area contributed by atoms with E-state index >= 15 is 0 Å². The average molecular weight is 478 g/mol. The minimum atomic E-state index is 0.421. The van der Waals surface area contributed by atoms with E-state index in [0.29, 0.717) is 11.7 Å². The lowest BCUT2D eigenvalue weighted by Crippen LogP contribution is -2.16. The van der Waals surface area contributed by atoms with Crippen LogP contribution in [-0.2, 0) is 0 Å². The van der Waals surface area contributed by atoms with Crippen LogP contribution in [0.15, 0.2) is 124 Å². The summed E-state index contributed by atoms with van der Waals surface area (Å²) in [5.74, 6) is 1.00. The number of nitrogens with zero attached hydrogens (tertiary/aromatic N) is 2. The molecule has 0 heterocycles. The van der Waals surface area contributed by atoms with Gasteiger partial charge in [-0.25, -0.2) is 9.98 Å². The first-order valence-corrected chi connectivity index (χ1v) is 11.1. The van der Waals surface area contributed by atoms with Gasteiger partial charge in [-0.2, -0.15) is 0 Å². The summed E-state index contributed by atoms with van der Waals surface area (Å²) in [5.41, 5.74) is 9.09. The molecule has 0 aliphatic carbocycles. The van der Waals surface area contributed by atoms with Gasteiger partial charge in [0.15, 0.2) is 5.84 Å². The van der Waals surface area contributed by atoms with Gasteiger partial charge >= 0.3 is 0 Å². The molecule has 154 valence electrons. The number of rotatable bonds is 3. The van der Waals surface area contributed by atoms with Gasteiger partial charge in [-0.3, -0.25) is 0 Å². The summed E-state index contributed by atoms with van der Waals surface area (Å²) < 4.78 is 0.993. The van der Waals surface area contributed by atoms with Crippen molar-refractivity contribution in [3.63, 3.8) is 0 Å². The van der Waals surface area contributed by atoms with E-state index < -0.39 is 0 Å². The highest BCUT2D eigenvalue weighted by molar-refractivity contribution is 9.10. The number of benzene rings is 5. The lowest BCUT2D eigenvalue weighted by Gasteiger charge is -2.10. The van der Waals surface area contributed by atoms with Crippen molar-refractivity contribution < 1.29 is 0 Å². The second kappa shape index (κ2) is 8.77. The van der Waals surface area contributed by atoms with E-state index in [0.717, 1.165) is 42.8 Å². The molecular weight excluding hydrogens is 458 g/mol. The topological polar surface area (TPSA) is 50.7 Å². The van der Waals surface area contributed by atoms with E-state index in [1.165, 1.54) is 0 Å². The largest absolute Gasteiger partial charge is 0.383 e. The molecule has 0 unspecified atom stereocenters. The van der Waals surface area contributed by atoms with E-state index in [1.807, 2.05) is 72.8 Å². The van der Waals surface area contributed by atoms with Crippen LogP contribution in [0.5, 0.6) is 0 Å². The van der Waals surface area contributed by atoms with Gasteiger partial charge < -0.3 is 5.73 Å². The lowest BCUT2D eigenvalue weighted by molar-refractivity contribution is 1.44. The average Bonchev–Trinajstić information content (AvgIpc) is 2.84. The van der Waals surface area contributed by atoms with E-state index in [9.17, 15) is 0 Å². The molecule has 0 atom stereocenters. The first-order valence-electron chi connectivity index (χ1n) is 10.3. The fourth-order valence-electron chi connectivity index (χ4n) is 3.79. The van der Waals surface area contributed by atoms with Crippen molar-refractivity contribution in [1.82, 2.24) is 0 Å². The molecule has 0 amide bonds. The molecule has 5 aromatic rings. The van der Waals surface area contributed by atoms with Crippen LogP contribution < -0.4 is 5.73 Å². The monoisotopic (exact) mass is 477 g/mol. The Balaban J connectivity index is 1.74. The van der Waals surface area contributed by atoms with Crippen molar-refractivity contribution >= 4 is 54.8 Å². The zero-order valence-corrected chi connectivity index (χ0v) is 18.8. The Kier molecular flexibility index (Phi) is 5.53. The molecule has 0 aromatic heterocycles. The van der Waals surface area contributed by atoms with E-state index in [2.05, 4.69) is 52.3 Å². The van der Waals surface area contributed by atoms with E-state index in [4.69, 9.17) is 15.7 Å². The number of hydrogen-bond donors (Lipinski definition) is 1. The fraction of sp³-hybridized carbons (Fsp3) is 0. The summed E-state index contributed by atoms with van der Waals surface area (Å²) in [6, 6.07) is 36.6. The zero-order valence-electron chi connectivity index (χ0n) is 17.2. The summed E-state index contributed by atoms with van der Waals surface area (Å²) in [6.07, 6.45) is 0. The molecule has 0 aliphatic rings. The molecule has 0 aliphatic heterocycles. The van der Waals surface area contributed by atoms with Crippen molar-refractivity contribution in [2.75, 3.05) is 0 Å². The minimum Gasteiger partial charge on any atom is -0.383 e. The quantitative estimate of drug-likeness (QED) is 0.216. The van der Waals surface area contributed by atoms with Crippen molar-refractivity contribution in [3.8, 4) is 0 Å². The van der Waals surface area contributed by atoms with Gasteiger partial charge in [0, 0.05) is 21.0 Å². The van der Waals surface area contributed by atoms with Gasteiger partial charge in [-0.15, -0.1) is 0 Å². The molecule has 0 fully saturated rings. The number of halogens is 1. The van der Waals surface area contributed by atoms with E-state index in [-0.39, 0.29) is 0 Å². The zero-order chi connectivity index (χ0) is 21.9. The minimum absolute atomic E-state index is 0.421. The van der Waals surface area contributed by atoms with Crippen LogP contribution >= 0.6 is 15.9 Å². The predicted octanol–water partition coefficient (Wildman–Crippen LogP) is 7.24. The molecule has 32 heavy (non-hydrogen) atoms. The molecular formula is C28H20BrN3. The molecule has 4 heteroatoms. The lowest BCUT2D eigenvalue weighted by atomic mass is 10.0. The van der Waals surface area contributed by atoms with Crippen LogP contribution in [0, 0.1) is 0 Å². The predicted molar refractivity (Wildman–Crippen MR) is 139 cm³/mol. The van der Waals surface area contributed by atoms with Crippen LogP contribution in [0.25, 0.3) is 21.5 Å². The normalized spacial score (nSPS) is 12.4. The number of amidine groups is 2. The van der Waals surface area contributed by atoms with Gasteiger partial charge in [-0.05, 0) is 34.4 Å². The maximum atomic E-state index is 6.45. The van der Waals surface area contributed by atoms with Crippen LogP contribution in [0.2, 0.25) is 0 Å². The maximum absolute atomic E-state index is 6.45. The third-order valence-corrected chi connectivity index (χ3v) is 5.92. The van der Waals surface area contributed by atoms with Gasteiger partial charge in [0.25, 0.3) is 0 Å². The second-order valence-electron chi connectivity index (χ2n) is 7.46. The molecule has 0 radical (unpaired) electrons. The van der Waals surface area contributed by atoms with Gasteiger partial charge in [0.05, 0.1) is 5.69 Å². The second-order valence-corrected chi connectivity index (χ2v) is 8.38. The SMILES string of the molecule is NC(=NC(=Nc1cccc2ccccc12)c1cccc2ccccc12)c1ccc(Br)cc1. The Morgan fingerprint density at radius 3 is 1.97 bits per heavy atom. The Hall–Kier alpha value is -3.76. The van der Waals surface area contributed by atoms with Gasteiger partial charge in [-0.1, -0.05) is 107 Å². The summed E-state index contributed by atoms with van der Waals surface area (Å²) in [5, 5.41) is 4.43. The van der Waals surface area contributed by atoms with Crippen LogP contribution in [0.3, 0.4) is 0 Å². The highest BCUT2D eigenvalue weighted by Crippen LogP contribution is 2.28. The number of nitrogens with two attached hydrogens (primary N) is 1. The summed E-state index contributed by atoms with van der Waals surface area (Å²) in [6.45, 7) is 0. The molecule has 0 spiro atoms. The standard InChI is InChI=1S/C28H20BrN3/c29-22-17-15-21(16-18-22)27(30)32-28(25-13-5-9-19-7-1-3-11-23(19)25)31-26-14-6-10-20-8-2-4-12-24(20)26/h1-18H,(H2,30,31,32). The Morgan fingerprint density at radius 1 is 0.625 bits per heavy atom. The van der Waals surface area contributed by atoms with Crippen molar-refractivity contribution in [1.29, 1.82) is 0 Å². The third kappa shape index (κ3) is 4.05. The number of hydrogen-bond acceptors (Lipinski definition) is 1. The Morgan fingerprint density at radius 2 is 1.22 bits per heavy atom. The molecule has 0 bridgehead atoms. The van der Waals surface area contributed by atoms with Crippen molar-refractivity contribution in [2.45, 2.75) is 0 Å². The summed E-state index contributed by atoms with van der Waals surface area (Å²) in [7, 11) is 0.